The van der Waals surface area contributed by atoms with Crippen molar-refractivity contribution in [2.45, 2.75) is 56.7 Å². The van der Waals surface area contributed by atoms with Crippen LogP contribution in [0.5, 0.6) is 0 Å². The Morgan fingerprint density at radius 2 is 1.79 bits per heavy atom. The van der Waals surface area contributed by atoms with Gasteiger partial charge >= 0.3 is 6.18 Å². The highest BCUT2D eigenvalue weighted by Crippen LogP contribution is 2.49. The van der Waals surface area contributed by atoms with Gasteiger partial charge in [-0.1, -0.05) is 13.8 Å². The fraction of sp³-hybridized carbons (Fsp3) is 0.520. The second kappa shape index (κ2) is 9.20. The van der Waals surface area contributed by atoms with Gasteiger partial charge in [-0.05, 0) is 25.3 Å². The van der Waals surface area contributed by atoms with Crippen LogP contribution in [0.15, 0.2) is 24.5 Å². The molecule has 1 saturated heterocycles. The van der Waals surface area contributed by atoms with Crippen LogP contribution in [-0.2, 0) is 20.0 Å². The van der Waals surface area contributed by atoms with E-state index in [1.807, 2.05) is 13.8 Å². The van der Waals surface area contributed by atoms with Crippen LogP contribution in [-0.4, -0.2) is 63.5 Å². The Labute approximate surface area is 221 Å². The molecule has 210 valence electrons. The third-order valence-electron chi connectivity index (χ3n) is 7.70. The summed E-state index contributed by atoms with van der Waals surface area (Å²) in [6.07, 6.45) is -2.35. The normalized spacial score (nSPS) is 21.6. The lowest BCUT2D eigenvalue weighted by molar-refractivity contribution is -0.190. The summed E-state index contributed by atoms with van der Waals surface area (Å²) in [5.41, 5.74) is 0.192. The second-order valence-electron chi connectivity index (χ2n) is 10.9. The third-order valence-corrected chi connectivity index (χ3v) is 9.41. The van der Waals surface area contributed by atoms with E-state index in [4.69, 9.17) is 0 Å². The largest absolute Gasteiger partial charge is 0.413 e. The molecule has 4 heterocycles. The summed E-state index contributed by atoms with van der Waals surface area (Å²) in [5, 5.41) is 3.86. The first-order valence-electron chi connectivity index (χ1n) is 12.3. The molecule has 1 aliphatic carbocycles. The van der Waals surface area contributed by atoms with E-state index >= 15 is 4.39 Å². The zero-order chi connectivity index (χ0) is 28.5. The van der Waals surface area contributed by atoms with E-state index in [1.165, 1.54) is 16.8 Å². The molecule has 2 aliphatic rings. The Bertz CT molecular complexity index is 1560. The average Bonchev–Trinajstić information content (AvgIpc) is 3.33. The number of carbonyl (C=O) groups is 1. The zero-order valence-electron chi connectivity index (χ0n) is 21.3. The topological polar surface area (TPSA) is 97.5 Å². The molecule has 0 aromatic carbocycles. The number of hydrogen-bond donors (Lipinski definition) is 0. The van der Waals surface area contributed by atoms with Crippen molar-refractivity contribution in [3.8, 4) is 0 Å². The molecule has 0 bridgehead atoms. The van der Waals surface area contributed by atoms with E-state index in [-0.39, 0.29) is 35.7 Å². The van der Waals surface area contributed by atoms with Gasteiger partial charge in [0.15, 0.2) is 11.7 Å². The van der Waals surface area contributed by atoms with Gasteiger partial charge in [-0.25, -0.2) is 22.3 Å². The van der Waals surface area contributed by atoms with Gasteiger partial charge in [-0.2, -0.15) is 17.6 Å². The van der Waals surface area contributed by atoms with Crippen LogP contribution < -0.4 is 0 Å². The highest BCUT2D eigenvalue weighted by molar-refractivity contribution is 7.91. The first-order chi connectivity index (χ1) is 18.1. The summed E-state index contributed by atoms with van der Waals surface area (Å²) in [7, 11) is -2.34. The molecule has 2 atom stereocenters. The lowest BCUT2D eigenvalue weighted by atomic mass is 9.87. The highest BCUT2D eigenvalue weighted by Gasteiger charge is 2.48. The van der Waals surface area contributed by atoms with Crippen LogP contribution in [0.1, 0.15) is 67.6 Å². The molecule has 1 fully saturated rings. The number of rotatable bonds is 4. The van der Waals surface area contributed by atoms with Crippen molar-refractivity contribution in [2.24, 2.45) is 5.92 Å². The molecule has 0 radical (unpaired) electrons. The van der Waals surface area contributed by atoms with E-state index in [2.05, 4.69) is 15.1 Å². The molecule has 14 heteroatoms. The molecule has 8 nitrogen and oxygen atoms in total. The summed E-state index contributed by atoms with van der Waals surface area (Å²) in [4.78, 5) is 21.7. The van der Waals surface area contributed by atoms with E-state index in [0.29, 0.717) is 22.6 Å². The van der Waals surface area contributed by atoms with Gasteiger partial charge in [-0.15, -0.1) is 5.10 Å². The van der Waals surface area contributed by atoms with Gasteiger partial charge in [0, 0.05) is 53.9 Å². The number of aromatic nitrogens is 4. The molecule has 0 unspecified atom stereocenters. The third kappa shape index (κ3) is 4.87. The van der Waals surface area contributed by atoms with Crippen molar-refractivity contribution in [1.29, 1.82) is 0 Å². The molecule has 0 saturated carbocycles. The van der Waals surface area contributed by atoms with Crippen LogP contribution in [0.4, 0.5) is 22.0 Å². The molecule has 0 N–H and O–H groups in total. The first kappa shape index (κ1) is 27.4. The molecule has 1 amide bonds. The zero-order valence-corrected chi connectivity index (χ0v) is 22.2. The SMILES string of the molecule is CN(C(=O)C1CCS(=O)(=O)CC1)[C@@H](c1cnc([C@@H]2CC(C)(C)c3c2cnc2cc(F)nn32)c(F)c1)C(F)(F)F. The van der Waals surface area contributed by atoms with Gasteiger partial charge in [-0.3, -0.25) is 9.78 Å². The Kier molecular flexibility index (Phi) is 6.47. The maximum Gasteiger partial charge on any atom is 0.413 e. The number of pyridine rings is 1. The monoisotopic (exact) mass is 571 g/mol. The van der Waals surface area contributed by atoms with E-state index in [0.717, 1.165) is 19.3 Å². The Morgan fingerprint density at radius 3 is 2.41 bits per heavy atom. The number of sulfone groups is 1. The van der Waals surface area contributed by atoms with Crippen molar-refractivity contribution in [3.05, 3.63) is 58.8 Å². The van der Waals surface area contributed by atoms with Gasteiger partial charge in [0.25, 0.3) is 0 Å². The Hall–Kier alpha value is -3.16. The van der Waals surface area contributed by atoms with Gasteiger partial charge in [0.2, 0.25) is 11.9 Å². The summed E-state index contributed by atoms with van der Waals surface area (Å²) >= 11 is 0. The number of fused-ring (bicyclic) bond motifs is 3. The summed E-state index contributed by atoms with van der Waals surface area (Å²) in [6, 6.07) is -0.570. The van der Waals surface area contributed by atoms with Gasteiger partial charge in [0.05, 0.1) is 22.9 Å². The average molecular weight is 572 g/mol. The predicted octanol–water partition coefficient (Wildman–Crippen LogP) is 4.10. The van der Waals surface area contributed by atoms with E-state index < -0.39 is 62.5 Å². The minimum atomic E-state index is -4.94. The van der Waals surface area contributed by atoms with Crippen molar-refractivity contribution in [2.75, 3.05) is 18.6 Å². The first-order valence-corrected chi connectivity index (χ1v) is 14.1. The molecule has 3 aromatic rings. The maximum absolute atomic E-state index is 15.5. The molecule has 5 rings (SSSR count). The minimum Gasteiger partial charge on any atom is -0.330 e. The summed E-state index contributed by atoms with van der Waals surface area (Å²) in [6.45, 7) is 3.74. The number of halogens is 5. The number of alkyl halides is 3. The van der Waals surface area contributed by atoms with Crippen LogP contribution in [0.25, 0.3) is 5.65 Å². The van der Waals surface area contributed by atoms with E-state index in [1.54, 1.807) is 0 Å². The molecular weight excluding hydrogens is 545 g/mol. The highest BCUT2D eigenvalue weighted by atomic mass is 32.2. The van der Waals surface area contributed by atoms with E-state index in [9.17, 15) is 30.8 Å². The van der Waals surface area contributed by atoms with Crippen LogP contribution in [0.2, 0.25) is 0 Å². The maximum atomic E-state index is 15.5. The van der Waals surface area contributed by atoms with Crippen molar-refractivity contribution in [1.82, 2.24) is 24.5 Å². The fourth-order valence-electron chi connectivity index (χ4n) is 5.87. The Balaban J connectivity index is 1.48. The smallest absolute Gasteiger partial charge is 0.330 e. The molecule has 1 aliphatic heterocycles. The van der Waals surface area contributed by atoms with Crippen molar-refractivity contribution in [3.63, 3.8) is 0 Å². The quantitative estimate of drug-likeness (QED) is 0.438. The number of carbonyl (C=O) groups excluding carboxylic acids is 1. The lowest BCUT2D eigenvalue weighted by Gasteiger charge is -2.34. The number of hydrogen-bond acceptors (Lipinski definition) is 6. The predicted molar refractivity (Wildman–Crippen MR) is 130 cm³/mol. The van der Waals surface area contributed by atoms with Gasteiger partial charge < -0.3 is 4.90 Å². The summed E-state index contributed by atoms with van der Waals surface area (Å²) < 4.78 is 96.7. The van der Waals surface area contributed by atoms with Gasteiger partial charge in [0.1, 0.15) is 15.7 Å². The molecule has 39 heavy (non-hydrogen) atoms. The van der Waals surface area contributed by atoms with Crippen LogP contribution in [0, 0.1) is 17.7 Å². The molecular formula is C25H26F5N5O3S. The number of amides is 1. The standard InChI is InChI=1S/C25H26F5N5O3S/c1-24(2)10-15(16-12-31-19-9-18(27)33-35(19)22(16)24)20-17(26)8-14(11-32-20)21(25(28,29)30)34(3)23(36)13-4-6-39(37,38)7-5-13/h8-9,11-13,15,21H,4-7,10H2,1-3H3/t15-,21+/m1/s1. The molecule has 3 aromatic heterocycles. The Morgan fingerprint density at radius 1 is 1.13 bits per heavy atom. The number of nitrogens with zero attached hydrogens (tertiary/aromatic N) is 5. The fourth-order valence-corrected chi connectivity index (χ4v) is 7.36. The second-order valence-corrected chi connectivity index (χ2v) is 13.2. The van der Waals surface area contributed by atoms with Crippen LogP contribution >= 0.6 is 0 Å². The van der Waals surface area contributed by atoms with Crippen molar-refractivity contribution < 1.29 is 35.2 Å². The van der Waals surface area contributed by atoms with Crippen molar-refractivity contribution >= 4 is 21.4 Å². The lowest BCUT2D eigenvalue weighted by Crippen LogP contribution is -2.44. The summed E-state index contributed by atoms with van der Waals surface area (Å²) in [5.74, 6) is -4.66. The molecule has 0 spiro atoms. The van der Waals surface area contributed by atoms with Crippen LogP contribution in [0.3, 0.4) is 0 Å². The minimum absolute atomic E-state index is 0.0695.